The molecule has 1 aliphatic heterocycles. The molecule has 106 valence electrons. The molecule has 2 rings (SSSR count). The summed E-state index contributed by atoms with van der Waals surface area (Å²) >= 11 is 0. The standard InChI is InChI=1S/C16H18FNO2/c1-2-3-4-5-8-12-11-15(19)18(16(12)20)14-10-7-6-9-13(14)17/h6-10H,2-5,11H2,1H3. The molecule has 1 heterocycles. The first kappa shape index (κ1) is 14.4. The van der Waals surface area contributed by atoms with E-state index in [-0.39, 0.29) is 18.0 Å². The molecule has 2 amide bonds. The molecule has 0 unspecified atom stereocenters. The number of hydrogen-bond donors (Lipinski definition) is 0. The molecule has 0 radical (unpaired) electrons. The van der Waals surface area contributed by atoms with Crippen LogP contribution in [-0.2, 0) is 9.59 Å². The van der Waals surface area contributed by atoms with Crippen LogP contribution in [0, 0.1) is 5.82 Å². The summed E-state index contributed by atoms with van der Waals surface area (Å²) in [5.74, 6) is -1.31. The van der Waals surface area contributed by atoms with Crippen LogP contribution in [0.15, 0.2) is 35.9 Å². The van der Waals surface area contributed by atoms with Crippen molar-refractivity contribution in [1.82, 2.24) is 0 Å². The molecule has 1 saturated heterocycles. The van der Waals surface area contributed by atoms with Gasteiger partial charge in [-0.15, -0.1) is 0 Å². The van der Waals surface area contributed by atoms with Crippen LogP contribution >= 0.6 is 0 Å². The quantitative estimate of drug-likeness (QED) is 0.468. The molecule has 1 aromatic carbocycles. The van der Waals surface area contributed by atoms with Crippen molar-refractivity contribution in [3.05, 3.63) is 41.7 Å². The van der Waals surface area contributed by atoms with Gasteiger partial charge in [0.15, 0.2) is 0 Å². The lowest BCUT2D eigenvalue weighted by Crippen LogP contribution is -2.29. The average molecular weight is 275 g/mol. The first-order valence-electron chi connectivity index (χ1n) is 6.96. The molecule has 0 N–H and O–H groups in total. The lowest BCUT2D eigenvalue weighted by atomic mass is 10.1. The van der Waals surface area contributed by atoms with Gasteiger partial charge >= 0.3 is 0 Å². The Labute approximate surface area is 118 Å². The highest BCUT2D eigenvalue weighted by atomic mass is 19.1. The molecular weight excluding hydrogens is 257 g/mol. The van der Waals surface area contributed by atoms with Gasteiger partial charge in [0.05, 0.1) is 12.1 Å². The minimum atomic E-state index is -0.554. The van der Waals surface area contributed by atoms with Gasteiger partial charge in [-0.2, -0.15) is 0 Å². The van der Waals surface area contributed by atoms with Gasteiger partial charge in [-0.25, -0.2) is 9.29 Å². The number of amides is 2. The Hall–Kier alpha value is -1.97. The maximum atomic E-state index is 13.7. The highest BCUT2D eigenvalue weighted by molar-refractivity contribution is 6.28. The zero-order valence-corrected chi connectivity index (χ0v) is 11.6. The number of unbranched alkanes of at least 4 members (excludes halogenated alkanes) is 3. The van der Waals surface area contributed by atoms with E-state index in [2.05, 4.69) is 6.92 Å². The summed E-state index contributed by atoms with van der Waals surface area (Å²) in [4.78, 5) is 25.1. The molecule has 3 nitrogen and oxygen atoms in total. The van der Waals surface area contributed by atoms with E-state index in [9.17, 15) is 14.0 Å². The Bertz CT molecular complexity index is 551. The third-order valence-corrected chi connectivity index (χ3v) is 3.36. The Morgan fingerprint density at radius 3 is 2.70 bits per heavy atom. The van der Waals surface area contributed by atoms with Crippen LogP contribution in [0.25, 0.3) is 0 Å². The van der Waals surface area contributed by atoms with Crippen LogP contribution in [-0.4, -0.2) is 11.8 Å². The molecule has 0 aromatic heterocycles. The molecule has 0 bridgehead atoms. The summed E-state index contributed by atoms with van der Waals surface area (Å²) in [6.07, 6.45) is 5.88. The number of rotatable bonds is 5. The summed E-state index contributed by atoms with van der Waals surface area (Å²) in [6.45, 7) is 2.11. The van der Waals surface area contributed by atoms with Crippen molar-refractivity contribution in [2.75, 3.05) is 4.90 Å². The van der Waals surface area contributed by atoms with Crippen molar-refractivity contribution in [2.24, 2.45) is 0 Å². The summed E-state index contributed by atoms with van der Waals surface area (Å²) < 4.78 is 13.7. The average Bonchev–Trinajstić information content (AvgIpc) is 2.71. The number of carbonyl (C=O) groups is 2. The normalized spacial score (nSPS) is 17.3. The van der Waals surface area contributed by atoms with Crippen LogP contribution < -0.4 is 4.90 Å². The topological polar surface area (TPSA) is 37.4 Å². The predicted octanol–water partition coefficient (Wildman–Crippen LogP) is 3.60. The van der Waals surface area contributed by atoms with Gasteiger partial charge in [0, 0.05) is 5.57 Å². The van der Waals surface area contributed by atoms with Crippen molar-refractivity contribution < 1.29 is 14.0 Å². The Morgan fingerprint density at radius 2 is 2.00 bits per heavy atom. The monoisotopic (exact) mass is 275 g/mol. The number of benzene rings is 1. The van der Waals surface area contributed by atoms with Crippen LogP contribution in [0.4, 0.5) is 10.1 Å². The third kappa shape index (κ3) is 2.95. The number of nitrogens with zero attached hydrogens (tertiary/aromatic N) is 1. The van der Waals surface area contributed by atoms with Gasteiger partial charge in [-0.3, -0.25) is 9.59 Å². The van der Waals surface area contributed by atoms with E-state index in [0.29, 0.717) is 5.57 Å². The molecule has 0 atom stereocenters. The smallest absolute Gasteiger partial charge is 0.261 e. The molecule has 1 aromatic rings. The molecular formula is C16H18FNO2. The second-order valence-corrected chi connectivity index (χ2v) is 4.89. The zero-order chi connectivity index (χ0) is 14.5. The van der Waals surface area contributed by atoms with Gasteiger partial charge in [0.25, 0.3) is 5.91 Å². The minimum absolute atomic E-state index is 0.0412. The predicted molar refractivity (Wildman–Crippen MR) is 75.7 cm³/mol. The lowest BCUT2D eigenvalue weighted by molar-refractivity contribution is -0.120. The number of imide groups is 1. The van der Waals surface area contributed by atoms with Crippen LogP contribution in [0.5, 0.6) is 0 Å². The maximum Gasteiger partial charge on any atom is 0.261 e. The van der Waals surface area contributed by atoms with Crippen molar-refractivity contribution in [2.45, 2.75) is 39.0 Å². The SMILES string of the molecule is CCCCCC=C1CC(=O)N(c2ccccc2F)C1=O. The van der Waals surface area contributed by atoms with E-state index in [1.807, 2.05) is 6.08 Å². The van der Waals surface area contributed by atoms with Gasteiger partial charge < -0.3 is 0 Å². The molecule has 1 fully saturated rings. The summed E-state index contributed by atoms with van der Waals surface area (Å²) in [5, 5.41) is 0. The fourth-order valence-corrected chi connectivity index (χ4v) is 2.28. The highest BCUT2D eigenvalue weighted by Gasteiger charge is 2.35. The largest absolute Gasteiger partial charge is 0.274 e. The van der Waals surface area contributed by atoms with E-state index < -0.39 is 11.7 Å². The number of para-hydroxylation sites is 1. The number of allylic oxidation sites excluding steroid dienone is 1. The second kappa shape index (κ2) is 6.46. The number of hydrogen-bond acceptors (Lipinski definition) is 2. The Balaban J connectivity index is 2.15. The minimum Gasteiger partial charge on any atom is -0.274 e. The van der Waals surface area contributed by atoms with E-state index in [1.54, 1.807) is 6.07 Å². The van der Waals surface area contributed by atoms with E-state index in [0.717, 1.165) is 30.6 Å². The van der Waals surface area contributed by atoms with E-state index in [4.69, 9.17) is 0 Å². The summed E-state index contributed by atoms with van der Waals surface area (Å²) in [7, 11) is 0. The first-order chi connectivity index (χ1) is 9.65. The summed E-state index contributed by atoms with van der Waals surface area (Å²) in [6, 6.07) is 5.84. The zero-order valence-electron chi connectivity index (χ0n) is 11.6. The van der Waals surface area contributed by atoms with Crippen LogP contribution in [0.3, 0.4) is 0 Å². The van der Waals surface area contributed by atoms with E-state index >= 15 is 0 Å². The van der Waals surface area contributed by atoms with Crippen LogP contribution in [0.1, 0.15) is 39.0 Å². The van der Waals surface area contributed by atoms with Crippen molar-refractivity contribution in [1.29, 1.82) is 0 Å². The second-order valence-electron chi connectivity index (χ2n) is 4.89. The molecule has 20 heavy (non-hydrogen) atoms. The third-order valence-electron chi connectivity index (χ3n) is 3.36. The van der Waals surface area contributed by atoms with Gasteiger partial charge in [-0.1, -0.05) is 38.0 Å². The maximum absolute atomic E-state index is 13.7. The lowest BCUT2D eigenvalue weighted by Gasteiger charge is -2.13. The van der Waals surface area contributed by atoms with Gasteiger partial charge in [-0.05, 0) is 25.0 Å². The molecule has 0 saturated carbocycles. The fourth-order valence-electron chi connectivity index (χ4n) is 2.28. The number of anilines is 1. The number of carbonyl (C=O) groups excluding carboxylic acids is 2. The van der Waals surface area contributed by atoms with Crippen molar-refractivity contribution >= 4 is 17.5 Å². The Kier molecular flexibility index (Phi) is 4.66. The van der Waals surface area contributed by atoms with Gasteiger partial charge in [0.2, 0.25) is 5.91 Å². The molecule has 1 aliphatic rings. The van der Waals surface area contributed by atoms with Crippen molar-refractivity contribution in [3.8, 4) is 0 Å². The molecule has 4 heteroatoms. The van der Waals surface area contributed by atoms with Gasteiger partial charge in [0.1, 0.15) is 5.82 Å². The molecule has 0 aliphatic carbocycles. The summed E-state index contributed by atoms with van der Waals surface area (Å²) in [5.41, 5.74) is 0.522. The van der Waals surface area contributed by atoms with E-state index in [1.165, 1.54) is 18.2 Å². The Morgan fingerprint density at radius 1 is 1.25 bits per heavy atom. The first-order valence-corrected chi connectivity index (χ1v) is 6.96. The van der Waals surface area contributed by atoms with Crippen molar-refractivity contribution in [3.63, 3.8) is 0 Å². The highest BCUT2D eigenvalue weighted by Crippen LogP contribution is 2.28. The molecule has 0 spiro atoms. The fraction of sp³-hybridized carbons (Fsp3) is 0.375. The number of halogens is 1. The van der Waals surface area contributed by atoms with Crippen LogP contribution in [0.2, 0.25) is 0 Å².